The smallest absolute Gasteiger partial charge is 0.407 e. The number of likely N-dealkylation sites (tertiary alicyclic amines) is 1. The Kier molecular flexibility index (Phi) is 5.33. The second kappa shape index (κ2) is 7.64. The third kappa shape index (κ3) is 4.24. The van der Waals surface area contributed by atoms with Gasteiger partial charge in [0.2, 0.25) is 5.91 Å². The number of rotatable bonds is 4. The zero-order chi connectivity index (χ0) is 16.9. The van der Waals surface area contributed by atoms with E-state index in [2.05, 4.69) is 5.32 Å². The number of carbonyl (C=O) groups is 2. The topological polar surface area (TPSA) is 58.6 Å². The molecule has 2 unspecified atom stereocenters. The van der Waals surface area contributed by atoms with Gasteiger partial charge in [-0.3, -0.25) is 4.79 Å². The first kappa shape index (κ1) is 16.7. The summed E-state index contributed by atoms with van der Waals surface area (Å²) in [5, 5.41) is 2.50. The predicted octanol–water partition coefficient (Wildman–Crippen LogP) is 2.70. The van der Waals surface area contributed by atoms with Crippen molar-refractivity contribution in [3.05, 3.63) is 35.6 Å². The van der Waals surface area contributed by atoms with Gasteiger partial charge in [0.05, 0.1) is 0 Å². The number of hydrogen-bond acceptors (Lipinski definition) is 3. The fourth-order valence-electron chi connectivity index (χ4n) is 3.65. The first-order valence-corrected chi connectivity index (χ1v) is 8.54. The van der Waals surface area contributed by atoms with E-state index in [1.807, 2.05) is 4.90 Å². The summed E-state index contributed by atoms with van der Waals surface area (Å²) < 4.78 is 17.8. The van der Waals surface area contributed by atoms with Gasteiger partial charge < -0.3 is 15.0 Å². The maximum atomic E-state index is 12.8. The van der Waals surface area contributed by atoms with E-state index in [9.17, 15) is 14.0 Å². The summed E-state index contributed by atoms with van der Waals surface area (Å²) in [6.07, 6.45) is 4.31. The largest absolute Gasteiger partial charge is 0.445 e. The van der Waals surface area contributed by atoms with Crippen molar-refractivity contribution in [2.45, 2.75) is 32.3 Å². The average Bonchev–Trinajstić information content (AvgIpc) is 3.03. The Hall–Kier alpha value is -2.11. The summed E-state index contributed by atoms with van der Waals surface area (Å²) >= 11 is 0. The van der Waals surface area contributed by atoms with Crippen molar-refractivity contribution < 1.29 is 18.7 Å². The zero-order valence-corrected chi connectivity index (χ0v) is 13.7. The Labute approximate surface area is 141 Å². The predicted molar refractivity (Wildman–Crippen MR) is 86.6 cm³/mol. The minimum absolute atomic E-state index is 0.0400. The maximum Gasteiger partial charge on any atom is 0.407 e. The summed E-state index contributed by atoms with van der Waals surface area (Å²) in [5.74, 6) is 0.879. The van der Waals surface area contributed by atoms with Crippen LogP contribution in [0.2, 0.25) is 0 Å². The SMILES string of the molecule is O=C(NCC(=O)N1CC2CCCCC2C1)OCc1ccc(F)cc1. The number of amides is 2. The van der Waals surface area contributed by atoms with Crippen LogP contribution >= 0.6 is 0 Å². The molecular weight excluding hydrogens is 311 g/mol. The Morgan fingerprint density at radius 2 is 1.75 bits per heavy atom. The molecular formula is C18H23FN2O3. The van der Waals surface area contributed by atoms with Gasteiger partial charge in [-0.1, -0.05) is 25.0 Å². The van der Waals surface area contributed by atoms with E-state index < -0.39 is 6.09 Å². The fourth-order valence-corrected chi connectivity index (χ4v) is 3.65. The van der Waals surface area contributed by atoms with E-state index >= 15 is 0 Å². The Morgan fingerprint density at radius 3 is 2.38 bits per heavy atom. The molecule has 130 valence electrons. The number of halogens is 1. The molecule has 1 aromatic rings. The first-order valence-electron chi connectivity index (χ1n) is 8.54. The van der Waals surface area contributed by atoms with Gasteiger partial charge in [-0.2, -0.15) is 0 Å². The molecule has 1 N–H and O–H groups in total. The van der Waals surface area contributed by atoms with Gasteiger partial charge >= 0.3 is 6.09 Å². The molecule has 5 nitrogen and oxygen atoms in total. The van der Waals surface area contributed by atoms with E-state index in [0.717, 1.165) is 13.1 Å². The molecule has 1 aliphatic carbocycles. The summed E-state index contributed by atoms with van der Waals surface area (Å²) in [7, 11) is 0. The molecule has 0 aromatic heterocycles. The molecule has 2 fully saturated rings. The highest BCUT2D eigenvalue weighted by Gasteiger charge is 2.36. The second-order valence-corrected chi connectivity index (χ2v) is 6.66. The van der Waals surface area contributed by atoms with Crippen molar-refractivity contribution >= 4 is 12.0 Å². The lowest BCUT2D eigenvalue weighted by Gasteiger charge is -2.22. The highest BCUT2D eigenvalue weighted by Crippen LogP contribution is 2.35. The zero-order valence-electron chi connectivity index (χ0n) is 13.7. The van der Waals surface area contributed by atoms with E-state index in [4.69, 9.17) is 4.74 Å². The number of fused-ring (bicyclic) bond motifs is 1. The Balaban J connectivity index is 1.38. The molecule has 0 spiro atoms. The lowest BCUT2D eigenvalue weighted by atomic mass is 9.82. The summed E-state index contributed by atoms with van der Waals surface area (Å²) in [4.78, 5) is 25.8. The fraction of sp³-hybridized carbons (Fsp3) is 0.556. The molecule has 2 amide bonds. The van der Waals surface area contributed by atoms with Gasteiger partial charge in [0.1, 0.15) is 19.0 Å². The molecule has 24 heavy (non-hydrogen) atoms. The quantitative estimate of drug-likeness (QED) is 0.921. The summed E-state index contributed by atoms with van der Waals surface area (Å²) in [5.41, 5.74) is 0.696. The molecule has 0 radical (unpaired) electrons. The maximum absolute atomic E-state index is 12.8. The minimum atomic E-state index is -0.635. The van der Waals surface area contributed by atoms with Crippen molar-refractivity contribution in [1.29, 1.82) is 0 Å². The van der Waals surface area contributed by atoms with Gasteiger partial charge in [-0.25, -0.2) is 9.18 Å². The Morgan fingerprint density at radius 1 is 1.12 bits per heavy atom. The monoisotopic (exact) mass is 334 g/mol. The van der Waals surface area contributed by atoms with Crippen molar-refractivity contribution in [2.24, 2.45) is 11.8 Å². The normalized spacial score (nSPS) is 22.8. The van der Waals surface area contributed by atoms with Crippen LogP contribution in [-0.2, 0) is 16.1 Å². The Bertz CT molecular complexity index is 576. The minimum Gasteiger partial charge on any atom is -0.445 e. The molecule has 2 atom stereocenters. The molecule has 0 bridgehead atoms. The van der Waals surface area contributed by atoms with Crippen LogP contribution in [0.4, 0.5) is 9.18 Å². The molecule has 1 aromatic carbocycles. The number of benzene rings is 1. The first-order chi connectivity index (χ1) is 11.6. The van der Waals surface area contributed by atoms with Crippen LogP contribution in [0, 0.1) is 17.7 Å². The summed E-state index contributed by atoms with van der Waals surface area (Å²) in [6, 6.07) is 5.74. The van der Waals surface area contributed by atoms with Gasteiger partial charge in [-0.15, -0.1) is 0 Å². The molecule has 1 aliphatic heterocycles. The van der Waals surface area contributed by atoms with E-state index in [-0.39, 0.29) is 24.9 Å². The van der Waals surface area contributed by atoms with Gasteiger partial charge in [0, 0.05) is 13.1 Å². The lowest BCUT2D eigenvalue weighted by Crippen LogP contribution is -2.39. The second-order valence-electron chi connectivity index (χ2n) is 6.66. The van der Waals surface area contributed by atoms with Crippen molar-refractivity contribution in [1.82, 2.24) is 10.2 Å². The number of ether oxygens (including phenoxy) is 1. The van der Waals surface area contributed by atoms with Gasteiger partial charge in [0.25, 0.3) is 0 Å². The van der Waals surface area contributed by atoms with Crippen LogP contribution in [-0.4, -0.2) is 36.5 Å². The molecule has 1 saturated heterocycles. The number of hydrogen-bond donors (Lipinski definition) is 1. The lowest BCUT2D eigenvalue weighted by molar-refractivity contribution is -0.129. The van der Waals surface area contributed by atoms with E-state index in [1.54, 1.807) is 12.1 Å². The molecule has 1 heterocycles. The van der Waals surface area contributed by atoms with Crippen molar-refractivity contribution in [3.8, 4) is 0 Å². The third-order valence-electron chi connectivity index (χ3n) is 5.00. The van der Waals surface area contributed by atoms with Crippen LogP contribution in [0.25, 0.3) is 0 Å². The van der Waals surface area contributed by atoms with Crippen molar-refractivity contribution in [2.75, 3.05) is 19.6 Å². The highest BCUT2D eigenvalue weighted by molar-refractivity contribution is 5.82. The average molecular weight is 334 g/mol. The van der Waals surface area contributed by atoms with Crippen molar-refractivity contribution in [3.63, 3.8) is 0 Å². The molecule has 2 aliphatic rings. The van der Waals surface area contributed by atoms with Crippen LogP contribution in [0.5, 0.6) is 0 Å². The number of carbonyl (C=O) groups excluding carboxylic acids is 2. The molecule has 3 rings (SSSR count). The van der Waals surface area contributed by atoms with Crippen LogP contribution in [0.15, 0.2) is 24.3 Å². The van der Waals surface area contributed by atoms with Gasteiger partial charge in [0.15, 0.2) is 0 Å². The van der Waals surface area contributed by atoms with Crippen LogP contribution < -0.4 is 5.32 Å². The number of alkyl carbamates (subject to hydrolysis) is 1. The van der Waals surface area contributed by atoms with E-state index in [0.29, 0.717) is 17.4 Å². The molecule has 6 heteroatoms. The van der Waals surface area contributed by atoms with E-state index in [1.165, 1.54) is 37.8 Å². The van der Waals surface area contributed by atoms with Crippen LogP contribution in [0.1, 0.15) is 31.2 Å². The highest BCUT2D eigenvalue weighted by atomic mass is 19.1. The summed E-state index contributed by atoms with van der Waals surface area (Å²) in [6.45, 7) is 1.64. The van der Waals surface area contributed by atoms with Gasteiger partial charge in [-0.05, 0) is 42.4 Å². The number of nitrogens with zero attached hydrogens (tertiary/aromatic N) is 1. The van der Waals surface area contributed by atoms with Crippen LogP contribution in [0.3, 0.4) is 0 Å². The molecule has 1 saturated carbocycles. The third-order valence-corrected chi connectivity index (χ3v) is 5.00. The standard InChI is InChI=1S/C18H23FN2O3/c19-16-7-5-13(6-8-16)12-24-18(23)20-9-17(22)21-10-14-3-1-2-4-15(14)11-21/h5-8,14-15H,1-4,9-12H2,(H,20,23). The number of nitrogens with one attached hydrogen (secondary N) is 1.